The summed E-state index contributed by atoms with van der Waals surface area (Å²) in [5.41, 5.74) is 7.59. The average Bonchev–Trinajstić information content (AvgIpc) is 2.28. The third-order valence-corrected chi connectivity index (χ3v) is 4.99. The maximum absolute atomic E-state index is 2.37. The molecule has 0 saturated heterocycles. The zero-order valence-electron chi connectivity index (χ0n) is 11.7. The van der Waals surface area contributed by atoms with E-state index in [1.165, 1.54) is 28.2 Å². The fraction of sp³-hybridized carbons (Fsp3) is 0.600. The molecule has 1 aromatic rings. The SMILES string of the molecule is CCSCc1c(C)cc(C)c(CSCC)c1C. The molecule has 1 aromatic carbocycles. The minimum absolute atomic E-state index is 1.16. The summed E-state index contributed by atoms with van der Waals surface area (Å²) >= 11 is 4.04. The fourth-order valence-electron chi connectivity index (χ4n) is 2.13. The minimum atomic E-state index is 1.16. The molecule has 0 heterocycles. The van der Waals surface area contributed by atoms with Gasteiger partial charge in [-0.05, 0) is 60.1 Å². The van der Waals surface area contributed by atoms with Crippen molar-refractivity contribution in [1.82, 2.24) is 0 Å². The first-order chi connectivity index (χ1) is 8.11. The van der Waals surface area contributed by atoms with Crippen molar-refractivity contribution in [3.63, 3.8) is 0 Å². The molecule has 0 fully saturated rings. The van der Waals surface area contributed by atoms with Crippen LogP contribution in [0.5, 0.6) is 0 Å². The predicted octanol–water partition coefficient (Wildman–Crippen LogP) is 5.12. The van der Waals surface area contributed by atoms with Crippen LogP contribution in [0.3, 0.4) is 0 Å². The van der Waals surface area contributed by atoms with E-state index in [4.69, 9.17) is 0 Å². The second-order valence-electron chi connectivity index (χ2n) is 4.37. The summed E-state index contributed by atoms with van der Waals surface area (Å²) in [7, 11) is 0. The summed E-state index contributed by atoms with van der Waals surface area (Å²) in [6.45, 7) is 11.3. The highest BCUT2D eigenvalue weighted by atomic mass is 32.2. The van der Waals surface area contributed by atoms with Gasteiger partial charge in [-0.25, -0.2) is 0 Å². The molecule has 0 aliphatic heterocycles. The molecule has 0 aromatic heterocycles. The zero-order chi connectivity index (χ0) is 12.8. The Morgan fingerprint density at radius 1 is 0.824 bits per heavy atom. The second kappa shape index (κ2) is 7.38. The van der Waals surface area contributed by atoms with Crippen LogP contribution in [0, 0.1) is 20.8 Å². The van der Waals surface area contributed by atoms with Crippen LogP contribution in [0.1, 0.15) is 41.7 Å². The Labute approximate surface area is 115 Å². The molecule has 17 heavy (non-hydrogen) atoms. The molecular formula is C15H24S2. The van der Waals surface area contributed by atoms with Crippen LogP contribution in [0.2, 0.25) is 0 Å². The number of thioether (sulfide) groups is 2. The van der Waals surface area contributed by atoms with Gasteiger partial charge in [0, 0.05) is 11.5 Å². The molecule has 0 nitrogen and oxygen atoms in total. The van der Waals surface area contributed by atoms with E-state index < -0.39 is 0 Å². The smallest absolute Gasteiger partial charge is 0.0189 e. The number of rotatable bonds is 6. The van der Waals surface area contributed by atoms with E-state index in [9.17, 15) is 0 Å². The molecule has 0 saturated carbocycles. The van der Waals surface area contributed by atoms with Crippen LogP contribution >= 0.6 is 23.5 Å². The van der Waals surface area contributed by atoms with Gasteiger partial charge in [-0.2, -0.15) is 23.5 Å². The van der Waals surface area contributed by atoms with Crippen LogP contribution in [0.15, 0.2) is 6.07 Å². The van der Waals surface area contributed by atoms with Gasteiger partial charge >= 0.3 is 0 Å². The van der Waals surface area contributed by atoms with E-state index in [0.29, 0.717) is 0 Å². The maximum atomic E-state index is 2.37. The van der Waals surface area contributed by atoms with E-state index in [-0.39, 0.29) is 0 Å². The third-order valence-electron chi connectivity index (χ3n) is 3.19. The van der Waals surface area contributed by atoms with E-state index >= 15 is 0 Å². The second-order valence-corrected chi connectivity index (χ2v) is 6.92. The number of hydrogen-bond donors (Lipinski definition) is 0. The van der Waals surface area contributed by atoms with Crippen molar-refractivity contribution in [2.75, 3.05) is 11.5 Å². The van der Waals surface area contributed by atoms with Crippen molar-refractivity contribution in [3.05, 3.63) is 33.9 Å². The Balaban J connectivity index is 3.04. The largest absolute Gasteiger partial charge is 0.157 e. The Bertz CT molecular complexity index is 337. The Morgan fingerprint density at radius 2 is 1.24 bits per heavy atom. The quantitative estimate of drug-likeness (QED) is 0.702. The van der Waals surface area contributed by atoms with Crippen LogP contribution in [-0.2, 0) is 11.5 Å². The topological polar surface area (TPSA) is 0 Å². The lowest BCUT2D eigenvalue weighted by molar-refractivity contribution is 1.15. The molecule has 0 aliphatic rings. The molecule has 2 heteroatoms. The van der Waals surface area contributed by atoms with Gasteiger partial charge in [0.05, 0.1) is 0 Å². The van der Waals surface area contributed by atoms with E-state index in [2.05, 4.69) is 40.7 Å². The number of hydrogen-bond acceptors (Lipinski definition) is 2. The molecule has 0 radical (unpaired) electrons. The standard InChI is InChI=1S/C15H24S2/c1-6-16-9-14-11(3)8-12(4)15(13(14)5)10-17-7-2/h8H,6-7,9-10H2,1-5H3. The average molecular weight is 268 g/mol. The molecule has 96 valence electrons. The highest BCUT2D eigenvalue weighted by Gasteiger charge is 2.10. The summed E-state index contributed by atoms with van der Waals surface area (Å²) < 4.78 is 0. The number of benzene rings is 1. The van der Waals surface area contributed by atoms with Gasteiger partial charge in [-0.15, -0.1) is 0 Å². The van der Waals surface area contributed by atoms with Gasteiger partial charge in [0.1, 0.15) is 0 Å². The summed E-state index contributed by atoms with van der Waals surface area (Å²) in [6.07, 6.45) is 0. The minimum Gasteiger partial charge on any atom is -0.157 e. The highest BCUT2D eigenvalue weighted by molar-refractivity contribution is 7.98. The Kier molecular flexibility index (Phi) is 6.50. The zero-order valence-corrected chi connectivity index (χ0v) is 13.4. The van der Waals surface area contributed by atoms with Crippen LogP contribution in [-0.4, -0.2) is 11.5 Å². The molecule has 0 spiro atoms. The molecule has 0 aliphatic carbocycles. The van der Waals surface area contributed by atoms with Gasteiger partial charge < -0.3 is 0 Å². The summed E-state index contributed by atoms with van der Waals surface area (Å²) in [5, 5.41) is 0. The Hall–Kier alpha value is -0.0800. The normalized spacial score (nSPS) is 10.9. The van der Waals surface area contributed by atoms with Crippen molar-refractivity contribution >= 4 is 23.5 Å². The maximum Gasteiger partial charge on any atom is 0.0189 e. The third kappa shape index (κ3) is 3.96. The van der Waals surface area contributed by atoms with Crippen molar-refractivity contribution in [1.29, 1.82) is 0 Å². The van der Waals surface area contributed by atoms with Crippen molar-refractivity contribution in [2.45, 2.75) is 46.1 Å². The monoisotopic (exact) mass is 268 g/mol. The predicted molar refractivity (Wildman–Crippen MR) is 84.3 cm³/mol. The lowest BCUT2D eigenvalue weighted by Crippen LogP contribution is -2.00. The first-order valence-electron chi connectivity index (χ1n) is 6.35. The van der Waals surface area contributed by atoms with Gasteiger partial charge in [-0.3, -0.25) is 0 Å². The number of aryl methyl sites for hydroxylation is 2. The van der Waals surface area contributed by atoms with E-state index in [0.717, 1.165) is 11.5 Å². The molecule has 0 bridgehead atoms. The highest BCUT2D eigenvalue weighted by Crippen LogP contribution is 2.28. The van der Waals surface area contributed by atoms with Crippen LogP contribution in [0.25, 0.3) is 0 Å². The van der Waals surface area contributed by atoms with Gasteiger partial charge in [0.25, 0.3) is 0 Å². The first-order valence-corrected chi connectivity index (χ1v) is 8.66. The lowest BCUT2D eigenvalue weighted by Gasteiger charge is -2.17. The summed E-state index contributed by atoms with van der Waals surface area (Å²) in [5.74, 6) is 4.73. The molecular weight excluding hydrogens is 244 g/mol. The Morgan fingerprint density at radius 3 is 1.59 bits per heavy atom. The van der Waals surface area contributed by atoms with Crippen molar-refractivity contribution in [2.24, 2.45) is 0 Å². The van der Waals surface area contributed by atoms with Gasteiger partial charge in [0.15, 0.2) is 0 Å². The lowest BCUT2D eigenvalue weighted by atomic mass is 9.95. The van der Waals surface area contributed by atoms with E-state index in [1.54, 1.807) is 11.1 Å². The molecule has 1 rings (SSSR count). The first kappa shape index (κ1) is 15.0. The molecule has 0 amide bonds. The van der Waals surface area contributed by atoms with Gasteiger partial charge in [0.2, 0.25) is 0 Å². The van der Waals surface area contributed by atoms with Crippen molar-refractivity contribution < 1.29 is 0 Å². The summed E-state index contributed by atoms with van der Waals surface area (Å²) in [6, 6.07) is 2.37. The van der Waals surface area contributed by atoms with E-state index in [1.807, 2.05) is 23.5 Å². The summed E-state index contributed by atoms with van der Waals surface area (Å²) in [4.78, 5) is 0. The molecule has 0 unspecified atom stereocenters. The van der Waals surface area contributed by atoms with Crippen LogP contribution < -0.4 is 0 Å². The van der Waals surface area contributed by atoms with Gasteiger partial charge in [-0.1, -0.05) is 19.9 Å². The molecule has 0 atom stereocenters. The fourth-order valence-corrected chi connectivity index (χ4v) is 3.83. The van der Waals surface area contributed by atoms with Crippen molar-refractivity contribution in [3.8, 4) is 0 Å². The molecule has 0 N–H and O–H groups in total. The van der Waals surface area contributed by atoms with Crippen LogP contribution in [0.4, 0.5) is 0 Å².